The second-order valence-electron chi connectivity index (χ2n) is 3.27. The molecular formula is C10H23AsO. The van der Waals surface area contributed by atoms with Crippen LogP contribution in [0.4, 0.5) is 0 Å². The molecule has 0 heterocycles. The molecule has 0 bridgehead atoms. The van der Waals surface area contributed by atoms with Gasteiger partial charge in [0.05, 0.1) is 0 Å². The molecule has 0 aliphatic heterocycles. The van der Waals surface area contributed by atoms with Crippen LogP contribution < -0.4 is 0 Å². The van der Waals surface area contributed by atoms with Crippen LogP contribution in [0, 0.1) is 0 Å². The van der Waals surface area contributed by atoms with Crippen molar-refractivity contribution >= 4 is 14.7 Å². The summed E-state index contributed by atoms with van der Waals surface area (Å²) in [5, 5.41) is 13.0. The van der Waals surface area contributed by atoms with Crippen LogP contribution in [-0.4, -0.2) is 26.4 Å². The van der Waals surface area contributed by atoms with Crippen LogP contribution in [0.25, 0.3) is 0 Å². The van der Waals surface area contributed by atoms with Gasteiger partial charge in [-0.1, -0.05) is 0 Å². The van der Waals surface area contributed by atoms with Crippen LogP contribution in [-0.2, 0) is 0 Å². The molecule has 12 heavy (non-hydrogen) atoms. The van der Waals surface area contributed by atoms with Gasteiger partial charge in [-0.2, -0.15) is 0 Å². The minimum absolute atomic E-state index is 0.438. The number of aliphatic hydroxyl groups is 1. The van der Waals surface area contributed by atoms with E-state index < -0.39 is 14.7 Å². The first kappa shape index (κ1) is 12.5. The number of unbranched alkanes of at least 4 members (excludes halogenated alkanes) is 2. The molecule has 0 unspecified atom stereocenters. The van der Waals surface area contributed by atoms with E-state index in [4.69, 9.17) is 5.11 Å². The molecule has 0 aliphatic carbocycles. The summed E-state index contributed by atoms with van der Waals surface area (Å²) in [6, 6.07) is 0. The molecule has 0 aliphatic rings. The van der Waals surface area contributed by atoms with Crippen molar-refractivity contribution in [2.24, 2.45) is 0 Å². The molecule has 0 rings (SSSR count). The number of hydrogen-bond donors (Lipinski definition) is 1. The average molecular weight is 234 g/mol. The van der Waals surface area contributed by atoms with Gasteiger partial charge in [0.1, 0.15) is 0 Å². The predicted octanol–water partition coefficient (Wildman–Crippen LogP) is 3.07. The summed E-state index contributed by atoms with van der Waals surface area (Å²) in [4.78, 5) is 0. The first-order chi connectivity index (χ1) is 5.85. The molecule has 74 valence electrons. The van der Waals surface area contributed by atoms with E-state index in [9.17, 15) is 0 Å². The van der Waals surface area contributed by atoms with Gasteiger partial charge in [0.2, 0.25) is 0 Å². The van der Waals surface area contributed by atoms with E-state index in [1.54, 1.807) is 0 Å². The third-order valence-corrected chi connectivity index (χ3v) is 7.80. The van der Waals surface area contributed by atoms with Crippen LogP contribution in [0.1, 0.15) is 39.5 Å². The Morgan fingerprint density at radius 3 is 1.75 bits per heavy atom. The topological polar surface area (TPSA) is 20.2 Å². The molecule has 0 amide bonds. The molecule has 0 atom stereocenters. The van der Waals surface area contributed by atoms with Gasteiger partial charge in [-0.3, -0.25) is 0 Å². The zero-order valence-corrected chi connectivity index (χ0v) is 10.4. The number of aliphatic hydroxyl groups excluding tert-OH is 1. The Kier molecular flexibility index (Phi) is 10.0. The molecule has 0 spiro atoms. The molecule has 0 saturated heterocycles. The van der Waals surface area contributed by atoms with Crippen molar-refractivity contribution in [3.63, 3.8) is 0 Å². The number of hydrogen-bond acceptors (Lipinski definition) is 1. The van der Waals surface area contributed by atoms with Crippen molar-refractivity contribution in [3.8, 4) is 0 Å². The summed E-state index contributed by atoms with van der Waals surface area (Å²) in [7, 11) is 0. The first-order valence-corrected chi connectivity index (χ1v) is 9.16. The third-order valence-electron chi connectivity index (χ3n) is 2.07. The summed E-state index contributed by atoms with van der Waals surface area (Å²) >= 11 is -0.584. The van der Waals surface area contributed by atoms with Crippen molar-refractivity contribution < 1.29 is 5.11 Å². The summed E-state index contributed by atoms with van der Waals surface area (Å²) < 4.78 is 0. The van der Waals surface area contributed by atoms with Crippen LogP contribution in [0.15, 0.2) is 0 Å². The Bertz CT molecular complexity index is 77.9. The van der Waals surface area contributed by atoms with Gasteiger partial charge in [-0.25, -0.2) is 0 Å². The Labute approximate surface area is 81.8 Å². The predicted molar refractivity (Wildman–Crippen MR) is 57.1 cm³/mol. The summed E-state index contributed by atoms with van der Waals surface area (Å²) in [6.07, 6.45) is 5.43. The van der Waals surface area contributed by atoms with Crippen LogP contribution in [0.2, 0.25) is 15.6 Å². The van der Waals surface area contributed by atoms with Crippen molar-refractivity contribution in [1.82, 2.24) is 0 Å². The molecule has 0 fully saturated rings. The third kappa shape index (κ3) is 7.18. The van der Waals surface area contributed by atoms with E-state index in [0.717, 1.165) is 5.21 Å². The van der Waals surface area contributed by atoms with E-state index >= 15 is 0 Å². The fourth-order valence-electron chi connectivity index (χ4n) is 1.24. The number of rotatable bonds is 8. The van der Waals surface area contributed by atoms with Gasteiger partial charge >= 0.3 is 81.5 Å². The summed E-state index contributed by atoms with van der Waals surface area (Å²) in [5.74, 6) is 0. The van der Waals surface area contributed by atoms with E-state index in [1.807, 2.05) is 0 Å². The SMILES string of the molecule is CCCC[As](CCO)CCCC. The van der Waals surface area contributed by atoms with Crippen molar-refractivity contribution in [2.75, 3.05) is 6.61 Å². The molecule has 1 N–H and O–H groups in total. The van der Waals surface area contributed by atoms with Gasteiger partial charge < -0.3 is 0 Å². The summed E-state index contributed by atoms with van der Waals surface area (Å²) in [6.45, 7) is 4.95. The molecule has 1 nitrogen and oxygen atoms in total. The van der Waals surface area contributed by atoms with Crippen molar-refractivity contribution in [3.05, 3.63) is 0 Å². The van der Waals surface area contributed by atoms with Gasteiger partial charge in [0, 0.05) is 0 Å². The van der Waals surface area contributed by atoms with Gasteiger partial charge in [-0.15, -0.1) is 0 Å². The Balaban J connectivity index is 3.40. The second kappa shape index (κ2) is 9.61. The standard InChI is InChI=1S/C10H23AsO/c1-3-5-7-11(9-10-12)8-6-4-2/h12H,3-10H2,1-2H3. The van der Waals surface area contributed by atoms with Gasteiger partial charge in [0.25, 0.3) is 0 Å². The van der Waals surface area contributed by atoms with E-state index in [0.29, 0.717) is 6.61 Å². The Morgan fingerprint density at radius 2 is 1.42 bits per heavy atom. The molecule has 0 radical (unpaired) electrons. The fourth-order valence-corrected chi connectivity index (χ4v) is 6.44. The molecule has 0 aromatic rings. The van der Waals surface area contributed by atoms with Crippen molar-refractivity contribution in [1.29, 1.82) is 0 Å². The molecule has 0 aromatic heterocycles. The van der Waals surface area contributed by atoms with Gasteiger partial charge in [0.15, 0.2) is 0 Å². The monoisotopic (exact) mass is 234 g/mol. The summed E-state index contributed by atoms with van der Waals surface area (Å²) in [5.41, 5.74) is 0. The normalized spacial score (nSPS) is 11.0. The van der Waals surface area contributed by atoms with Gasteiger partial charge in [-0.05, 0) is 0 Å². The van der Waals surface area contributed by atoms with E-state index in [1.165, 1.54) is 36.1 Å². The van der Waals surface area contributed by atoms with Crippen molar-refractivity contribution in [2.45, 2.75) is 55.2 Å². The van der Waals surface area contributed by atoms with E-state index in [2.05, 4.69) is 13.8 Å². The zero-order valence-electron chi connectivity index (χ0n) is 8.55. The maximum atomic E-state index is 8.87. The van der Waals surface area contributed by atoms with E-state index in [-0.39, 0.29) is 0 Å². The van der Waals surface area contributed by atoms with Crippen LogP contribution in [0.3, 0.4) is 0 Å². The minimum atomic E-state index is -0.584. The quantitative estimate of drug-likeness (QED) is 0.640. The molecule has 2 heteroatoms. The Morgan fingerprint density at radius 1 is 0.917 bits per heavy atom. The second-order valence-corrected chi connectivity index (χ2v) is 8.90. The Hall–Kier alpha value is 0.518. The fraction of sp³-hybridized carbons (Fsp3) is 1.00. The maximum absolute atomic E-state index is 8.87. The first-order valence-electron chi connectivity index (χ1n) is 5.18. The van der Waals surface area contributed by atoms with Crippen LogP contribution in [0.5, 0.6) is 0 Å². The zero-order chi connectivity index (χ0) is 9.23. The average Bonchev–Trinajstić information content (AvgIpc) is 2.10. The molecular weight excluding hydrogens is 211 g/mol. The molecule has 0 aromatic carbocycles. The molecule has 0 saturated carbocycles. The van der Waals surface area contributed by atoms with Crippen LogP contribution >= 0.6 is 0 Å².